The van der Waals surface area contributed by atoms with Crippen molar-refractivity contribution in [1.82, 2.24) is 5.32 Å². The normalized spacial score (nSPS) is 18.9. The molecule has 1 aliphatic rings. The Morgan fingerprint density at radius 1 is 1.33 bits per heavy atom. The maximum atomic E-state index is 5.78. The highest BCUT2D eigenvalue weighted by molar-refractivity contribution is 5.77. The van der Waals surface area contributed by atoms with Gasteiger partial charge in [0.05, 0.1) is 0 Å². The Hall–Kier alpha value is -0.730. The third kappa shape index (κ3) is 4.54. The largest absolute Gasteiger partial charge is 0.370 e. The van der Waals surface area contributed by atoms with Crippen molar-refractivity contribution in [1.29, 1.82) is 0 Å². The molecule has 3 N–H and O–H groups in total. The number of nitrogens with one attached hydrogen (secondary N) is 1. The summed E-state index contributed by atoms with van der Waals surface area (Å²) in [5.74, 6) is 0.630. The van der Waals surface area contributed by atoms with Crippen LogP contribution in [-0.4, -0.2) is 19.0 Å². The molecule has 1 fully saturated rings. The van der Waals surface area contributed by atoms with Crippen LogP contribution in [0.3, 0.4) is 0 Å². The monoisotopic (exact) mass is 211 g/mol. The van der Waals surface area contributed by atoms with Crippen LogP contribution >= 0.6 is 0 Å². The number of hydrogen-bond acceptors (Lipinski definition) is 1. The summed E-state index contributed by atoms with van der Waals surface area (Å²) in [6.07, 6.45) is 7.60. The highest BCUT2D eigenvalue weighted by Gasteiger charge is 2.41. The molecule has 3 heteroatoms. The predicted molar refractivity (Wildman–Crippen MR) is 66.0 cm³/mol. The summed E-state index contributed by atoms with van der Waals surface area (Å²) in [6, 6.07) is 0. The van der Waals surface area contributed by atoms with E-state index in [9.17, 15) is 0 Å². The van der Waals surface area contributed by atoms with E-state index >= 15 is 0 Å². The number of aliphatic imine (C=N–C) groups is 1. The zero-order chi connectivity index (χ0) is 11.1. The predicted octanol–water partition coefficient (Wildman–Crippen LogP) is 2.27. The minimum atomic E-state index is 0.520. The third-order valence-corrected chi connectivity index (χ3v) is 3.16. The molecule has 3 nitrogen and oxygen atoms in total. The van der Waals surface area contributed by atoms with Gasteiger partial charge < -0.3 is 11.1 Å². The highest BCUT2D eigenvalue weighted by Crippen LogP contribution is 2.49. The van der Waals surface area contributed by atoms with Gasteiger partial charge in [0, 0.05) is 13.1 Å². The zero-order valence-corrected chi connectivity index (χ0v) is 10.2. The van der Waals surface area contributed by atoms with Gasteiger partial charge in [0.25, 0.3) is 0 Å². The fraction of sp³-hybridized carbons (Fsp3) is 0.917. The van der Waals surface area contributed by atoms with E-state index in [0.29, 0.717) is 11.4 Å². The Labute approximate surface area is 93.5 Å². The number of unbranched alkanes of at least 4 members (excludes halogenated alkanes) is 1. The molecule has 0 heterocycles. The van der Waals surface area contributed by atoms with Gasteiger partial charge in [-0.05, 0) is 31.1 Å². The highest BCUT2D eigenvalue weighted by atomic mass is 15.1. The average molecular weight is 211 g/mol. The summed E-state index contributed by atoms with van der Waals surface area (Å²) in [7, 11) is 0. The topological polar surface area (TPSA) is 50.4 Å². The van der Waals surface area contributed by atoms with Crippen LogP contribution in [0, 0.1) is 5.41 Å². The van der Waals surface area contributed by atoms with Crippen molar-refractivity contribution in [2.24, 2.45) is 16.1 Å². The molecule has 0 atom stereocenters. The van der Waals surface area contributed by atoms with Gasteiger partial charge in [0.2, 0.25) is 0 Å². The van der Waals surface area contributed by atoms with E-state index in [1.165, 1.54) is 32.1 Å². The Balaban J connectivity index is 2.18. The van der Waals surface area contributed by atoms with E-state index in [0.717, 1.165) is 19.5 Å². The molecule has 0 spiro atoms. The summed E-state index contributed by atoms with van der Waals surface area (Å²) in [5, 5.41) is 3.15. The van der Waals surface area contributed by atoms with Crippen molar-refractivity contribution in [2.75, 3.05) is 13.1 Å². The van der Waals surface area contributed by atoms with Gasteiger partial charge in [-0.2, -0.15) is 0 Å². The van der Waals surface area contributed by atoms with Gasteiger partial charge in [0.1, 0.15) is 0 Å². The van der Waals surface area contributed by atoms with E-state index in [-0.39, 0.29) is 0 Å². The van der Waals surface area contributed by atoms with Crippen molar-refractivity contribution in [2.45, 2.75) is 52.4 Å². The van der Waals surface area contributed by atoms with E-state index in [1.54, 1.807) is 0 Å². The molecule has 0 aliphatic heterocycles. The quantitative estimate of drug-likeness (QED) is 0.385. The van der Waals surface area contributed by atoms with Crippen LogP contribution in [0.4, 0.5) is 0 Å². The van der Waals surface area contributed by atoms with Crippen molar-refractivity contribution in [3.05, 3.63) is 0 Å². The zero-order valence-electron chi connectivity index (χ0n) is 10.2. The molecule has 0 aromatic carbocycles. The summed E-state index contributed by atoms with van der Waals surface area (Å²) in [6.45, 7) is 6.29. The maximum absolute atomic E-state index is 5.78. The summed E-state index contributed by atoms with van der Waals surface area (Å²) in [4.78, 5) is 4.43. The number of rotatable bonds is 7. The van der Waals surface area contributed by atoms with Crippen molar-refractivity contribution >= 4 is 5.96 Å². The summed E-state index contributed by atoms with van der Waals surface area (Å²) in [5.41, 5.74) is 6.30. The Kier molecular flexibility index (Phi) is 4.92. The minimum absolute atomic E-state index is 0.520. The smallest absolute Gasteiger partial charge is 0.188 e. The van der Waals surface area contributed by atoms with Gasteiger partial charge in [0.15, 0.2) is 5.96 Å². The first kappa shape index (κ1) is 12.3. The second kappa shape index (κ2) is 5.99. The van der Waals surface area contributed by atoms with Crippen LogP contribution in [0.2, 0.25) is 0 Å². The Morgan fingerprint density at radius 2 is 2.07 bits per heavy atom. The fourth-order valence-corrected chi connectivity index (χ4v) is 1.90. The third-order valence-electron chi connectivity index (χ3n) is 3.16. The molecular formula is C12H25N3. The lowest BCUT2D eigenvalue weighted by Gasteiger charge is -2.11. The van der Waals surface area contributed by atoms with Crippen LogP contribution < -0.4 is 11.1 Å². The van der Waals surface area contributed by atoms with Crippen LogP contribution in [-0.2, 0) is 0 Å². The summed E-state index contributed by atoms with van der Waals surface area (Å²) >= 11 is 0. The molecule has 0 saturated heterocycles. The fourth-order valence-electron chi connectivity index (χ4n) is 1.90. The first-order valence-corrected chi connectivity index (χ1v) is 6.26. The van der Waals surface area contributed by atoms with Crippen molar-refractivity contribution in [3.8, 4) is 0 Å². The molecule has 1 aliphatic carbocycles. The average Bonchev–Trinajstić information content (AvgIpc) is 2.97. The minimum Gasteiger partial charge on any atom is -0.370 e. The van der Waals surface area contributed by atoms with Gasteiger partial charge in [-0.25, -0.2) is 0 Å². The molecule has 1 rings (SSSR count). The molecule has 0 amide bonds. The van der Waals surface area contributed by atoms with Crippen molar-refractivity contribution in [3.63, 3.8) is 0 Å². The van der Waals surface area contributed by atoms with Gasteiger partial charge in [-0.1, -0.05) is 26.7 Å². The van der Waals surface area contributed by atoms with E-state index in [2.05, 4.69) is 24.2 Å². The summed E-state index contributed by atoms with van der Waals surface area (Å²) < 4.78 is 0. The lowest BCUT2D eigenvalue weighted by atomic mass is 10.0. The van der Waals surface area contributed by atoms with Gasteiger partial charge in [-0.3, -0.25) is 4.99 Å². The van der Waals surface area contributed by atoms with Gasteiger partial charge in [-0.15, -0.1) is 0 Å². The molecular weight excluding hydrogens is 186 g/mol. The first-order chi connectivity index (χ1) is 7.22. The molecule has 0 aromatic heterocycles. The second-order valence-corrected chi connectivity index (χ2v) is 4.73. The molecule has 0 bridgehead atoms. The lowest BCUT2D eigenvalue weighted by Crippen LogP contribution is -2.33. The lowest BCUT2D eigenvalue weighted by molar-refractivity contribution is 0.472. The standard InChI is InChI=1S/C12H25N3/c1-3-5-9-14-11(13)15-10-12(6-4-2)7-8-12/h3-10H2,1-2H3,(H3,13,14,15). The molecule has 0 aromatic rings. The maximum Gasteiger partial charge on any atom is 0.188 e. The molecule has 0 radical (unpaired) electrons. The molecule has 0 unspecified atom stereocenters. The number of nitrogens with zero attached hydrogens (tertiary/aromatic N) is 1. The van der Waals surface area contributed by atoms with E-state index in [1.807, 2.05) is 0 Å². The first-order valence-electron chi connectivity index (χ1n) is 6.26. The number of hydrogen-bond donors (Lipinski definition) is 2. The van der Waals surface area contributed by atoms with Crippen LogP contribution in [0.15, 0.2) is 4.99 Å². The SMILES string of the molecule is CCCCNC(N)=NCC1(CCC)CC1. The molecule has 1 saturated carbocycles. The van der Waals surface area contributed by atoms with Crippen LogP contribution in [0.5, 0.6) is 0 Å². The van der Waals surface area contributed by atoms with Crippen LogP contribution in [0.1, 0.15) is 52.4 Å². The molecule has 88 valence electrons. The van der Waals surface area contributed by atoms with E-state index < -0.39 is 0 Å². The molecule has 15 heavy (non-hydrogen) atoms. The number of nitrogens with two attached hydrogens (primary N) is 1. The van der Waals surface area contributed by atoms with E-state index in [4.69, 9.17) is 5.73 Å². The number of guanidine groups is 1. The second-order valence-electron chi connectivity index (χ2n) is 4.73. The van der Waals surface area contributed by atoms with Gasteiger partial charge >= 0.3 is 0 Å². The Morgan fingerprint density at radius 3 is 2.60 bits per heavy atom. The van der Waals surface area contributed by atoms with Crippen molar-refractivity contribution < 1.29 is 0 Å². The Bertz CT molecular complexity index is 207. The van der Waals surface area contributed by atoms with Crippen LogP contribution in [0.25, 0.3) is 0 Å².